The van der Waals surface area contributed by atoms with Crippen molar-refractivity contribution in [2.24, 2.45) is 5.92 Å². The van der Waals surface area contributed by atoms with Crippen LogP contribution < -0.4 is 21.3 Å². The van der Waals surface area contributed by atoms with Gasteiger partial charge in [0, 0.05) is 24.3 Å². The lowest BCUT2D eigenvalue weighted by Gasteiger charge is -2.29. The first-order chi connectivity index (χ1) is 12.1. The van der Waals surface area contributed by atoms with Crippen LogP contribution in [0.15, 0.2) is 24.3 Å². The van der Waals surface area contributed by atoms with E-state index in [-0.39, 0.29) is 24.1 Å². The van der Waals surface area contributed by atoms with E-state index in [1.54, 1.807) is 0 Å². The zero-order valence-electron chi connectivity index (χ0n) is 14.8. The molecule has 0 aromatic heterocycles. The summed E-state index contributed by atoms with van der Waals surface area (Å²) in [4.78, 5) is 23.9. The van der Waals surface area contributed by atoms with Gasteiger partial charge in [-0.15, -0.1) is 0 Å². The zero-order valence-corrected chi connectivity index (χ0v) is 14.8. The van der Waals surface area contributed by atoms with Crippen molar-refractivity contribution in [1.82, 2.24) is 16.0 Å². The Morgan fingerprint density at radius 1 is 0.880 bits per heavy atom. The first-order valence-corrected chi connectivity index (χ1v) is 9.27. The lowest BCUT2D eigenvalue weighted by atomic mass is 9.91. The highest BCUT2D eigenvalue weighted by molar-refractivity contribution is 5.89. The van der Waals surface area contributed by atoms with E-state index in [9.17, 15) is 9.59 Å². The molecule has 4 N–H and O–H groups in total. The number of anilines is 1. The van der Waals surface area contributed by atoms with Gasteiger partial charge in [0.25, 0.3) is 0 Å². The van der Waals surface area contributed by atoms with Crippen LogP contribution in [-0.2, 0) is 0 Å². The molecule has 25 heavy (non-hydrogen) atoms. The van der Waals surface area contributed by atoms with Crippen molar-refractivity contribution in [3.8, 4) is 0 Å². The minimum absolute atomic E-state index is 0.0552. The fraction of sp³-hybridized carbons (Fsp3) is 0.579. The van der Waals surface area contributed by atoms with Gasteiger partial charge in [0.1, 0.15) is 0 Å². The lowest BCUT2D eigenvalue weighted by Crippen LogP contribution is -2.47. The van der Waals surface area contributed by atoms with E-state index in [1.807, 2.05) is 31.2 Å². The summed E-state index contributed by atoms with van der Waals surface area (Å²) >= 11 is 0. The Morgan fingerprint density at radius 3 is 2.00 bits per heavy atom. The van der Waals surface area contributed by atoms with Gasteiger partial charge in [-0.3, -0.25) is 0 Å². The first kappa shape index (κ1) is 17.6. The topological polar surface area (TPSA) is 82.3 Å². The summed E-state index contributed by atoms with van der Waals surface area (Å²) in [6.45, 7) is 2.81. The molecule has 2 saturated carbocycles. The first-order valence-electron chi connectivity index (χ1n) is 9.27. The number of benzene rings is 1. The van der Waals surface area contributed by atoms with E-state index in [0.717, 1.165) is 43.5 Å². The molecular formula is C19H28N4O2. The number of carbonyl (C=O) groups is 2. The normalized spacial score (nSPS) is 22.8. The van der Waals surface area contributed by atoms with E-state index >= 15 is 0 Å². The van der Waals surface area contributed by atoms with E-state index in [4.69, 9.17) is 0 Å². The van der Waals surface area contributed by atoms with E-state index in [1.165, 1.54) is 12.8 Å². The van der Waals surface area contributed by atoms with Crippen LogP contribution in [0.4, 0.5) is 15.3 Å². The third-order valence-electron chi connectivity index (χ3n) is 4.96. The summed E-state index contributed by atoms with van der Waals surface area (Å²) in [6, 6.07) is 7.89. The molecule has 6 heteroatoms. The van der Waals surface area contributed by atoms with E-state index in [2.05, 4.69) is 21.3 Å². The highest BCUT2D eigenvalue weighted by Crippen LogP contribution is 2.27. The van der Waals surface area contributed by atoms with Crippen molar-refractivity contribution >= 4 is 17.7 Å². The Morgan fingerprint density at radius 2 is 1.44 bits per heavy atom. The standard InChI is InChI=1S/C19H28N4O2/c1-13-2-6-15(7-3-13)22-19(25)23-17-10-8-16(9-11-17)21-18(24)20-12-14-4-5-14/h2-3,6-7,14,16-17H,4-5,8-12H2,1H3,(H2,20,21,24)(H2,22,23,25). The highest BCUT2D eigenvalue weighted by atomic mass is 16.2. The second-order valence-electron chi connectivity index (χ2n) is 7.31. The van der Waals surface area contributed by atoms with E-state index in [0.29, 0.717) is 5.92 Å². The van der Waals surface area contributed by atoms with Crippen molar-refractivity contribution in [2.75, 3.05) is 11.9 Å². The summed E-state index contributed by atoms with van der Waals surface area (Å²) in [6.07, 6.45) is 6.03. The second kappa shape index (κ2) is 8.23. The molecular weight excluding hydrogens is 316 g/mol. The van der Waals surface area contributed by atoms with Crippen molar-refractivity contribution in [3.63, 3.8) is 0 Å². The molecule has 0 heterocycles. The molecule has 1 aromatic carbocycles. The molecule has 0 saturated heterocycles. The largest absolute Gasteiger partial charge is 0.338 e. The van der Waals surface area contributed by atoms with Crippen LogP contribution in [0.25, 0.3) is 0 Å². The summed E-state index contributed by atoms with van der Waals surface area (Å²) in [5.74, 6) is 0.692. The van der Waals surface area contributed by atoms with Crippen molar-refractivity contribution < 1.29 is 9.59 Å². The predicted molar refractivity (Wildman–Crippen MR) is 98.6 cm³/mol. The molecule has 136 valence electrons. The summed E-state index contributed by atoms with van der Waals surface area (Å²) < 4.78 is 0. The molecule has 2 aliphatic carbocycles. The van der Waals surface area contributed by atoms with Crippen LogP contribution in [0.1, 0.15) is 44.1 Å². The van der Waals surface area contributed by atoms with Crippen molar-refractivity contribution in [2.45, 2.75) is 57.5 Å². The third-order valence-corrected chi connectivity index (χ3v) is 4.96. The monoisotopic (exact) mass is 344 g/mol. The third kappa shape index (κ3) is 5.96. The molecule has 1 aromatic rings. The van der Waals surface area contributed by atoms with Crippen LogP contribution >= 0.6 is 0 Å². The number of amides is 4. The molecule has 0 unspecified atom stereocenters. The van der Waals surface area contributed by atoms with Crippen molar-refractivity contribution in [1.29, 1.82) is 0 Å². The maximum Gasteiger partial charge on any atom is 0.319 e. The Labute approximate surface area is 149 Å². The molecule has 0 aliphatic heterocycles. The van der Waals surface area contributed by atoms with Gasteiger partial charge in [-0.2, -0.15) is 0 Å². The quantitative estimate of drug-likeness (QED) is 0.662. The number of nitrogens with one attached hydrogen (secondary N) is 4. The Kier molecular flexibility index (Phi) is 5.79. The van der Waals surface area contributed by atoms with Gasteiger partial charge >= 0.3 is 12.1 Å². The molecule has 0 atom stereocenters. The molecule has 2 fully saturated rings. The minimum atomic E-state index is -0.164. The fourth-order valence-electron chi connectivity index (χ4n) is 3.17. The van der Waals surface area contributed by atoms with E-state index < -0.39 is 0 Å². The SMILES string of the molecule is Cc1ccc(NC(=O)NC2CCC(NC(=O)NCC3CC3)CC2)cc1. The van der Waals surface area contributed by atoms with Crippen LogP contribution in [0.5, 0.6) is 0 Å². The Hall–Kier alpha value is -2.24. The van der Waals surface area contributed by atoms with Gasteiger partial charge in [-0.25, -0.2) is 9.59 Å². The second-order valence-corrected chi connectivity index (χ2v) is 7.31. The summed E-state index contributed by atoms with van der Waals surface area (Å²) in [5.41, 5.74) is 1.96. The number of carbonyl (C=O) groups excluding carboxylic acids is 2. The van der Waals surface area contributed by atoms with Crippen LogP contribution in [0.3, 0.4) is 0 Å². The zero-order chi connectivity index (χ0) is 17.6. The van der Waals surface area contributed by atoms with Gasteiger partial charge in [0.2, 0.25) is 0 Å². The van der Waals surface area contributed by atoms with Gasteiger partial charge in [0.05, 0.1) is 0 Å². The Balaban J connectivity index is 1.33. The average Bonchev–Trinajstić information content (AvgIpc) is 3.41. The lowest BCUT2D eigenvalue weighted by molar-refractivity contribution is 0.225. The maximum atomic E-state index is 12.1. The molecule has 0 radical (unpaired) electrons. The molecule has 4 amide bonds. The smallest absolute Gasteiger partial charge is 0.319 e. The van der Waals surface area contributed by atoms with Crippen LogP contribution in [-0.4, -0.2) is 30.7 Å². The fourth-order valence-corrected chi connectivity index (χ4v) is 3.17. The predicted octanol–water partition coefficient (Wildman–Crippen LogP) is 3.14. The number of hydrogen-bond acceptors (Lipinski definition) is 2. The molecule has 0 bridgehead atoms. The van der Waals surface area contributed by atoms with Crippen molar-refractivity contribution in [3.05, 3.63) is 29.8 Å². The molecule has 2 aliphatic rings. The number of urea groups is 2. The van der Waals surface area contributed by atoms with Gasteiger partial charge < -0.3 is 21.3 Å². The number of hydrogen-bond donors (Lipinski definition) is 4. The number of rotatable bonds is 5. The van der Waals surface area contributed by atoms with Gasteiger partial charge in [-0.1, -0.05) is 17.7 Å². The molecule has 3 rings (SSSR count). The van der Waals surface area contributed by atoms with Gasteiger partial charge in [-0.05, 0) is 63.5 Å². The Bertz CT molecular complexity index is 590. The van der Waals surface area contributed by atoms with Crippen LogP contribution in [0.2, 0.25) is 0 Å². The number of aryl methyl sites for hydroxylation is 1. The summed E-state index contributed by atoms with van der Waals surface area (Å²) in [7, 11) is 0. The highest BCUT2D eigenvalue weighted by Gasteiger charge is 2.25. The van der Waals surface area contributed by atoms with Crippen LogP contribution in [0, 0.1) is 12.8 Å². The molecule has 6 nitrogen and oxygen atoms in total. The van der Waals surface area contributed by atoms with Gasteiger partial charge in [0.15, 0.2) is 0 Å². The summed E-state index contributed by atoms with van der Waals surface area (Å²) in [5, 5.41) is 11.9. The minimum Gasteiger partial charge on any atom is -0.338 e. The maximum absolute atomic E-state index is 12.1. The molecule has 0 spiro atoms. The average molecular weight is 344 g/mol.